The molecule has 1 aromatic carbocycles. The maximum atomic E-state index is 11.9. The average Bonchev–Trinajstić information content (AvgIpc) is 2.47. The molecule has 0 bridgehead atoms. The van der Waals surface area contributed by atoms with Gasteiger partial charge in [-0.25, -0.2) is 4.79 Å². The molecule has 0 spiro atoms. The van der Waals surface area contributed by atoms with Gasteiger partial charge in [-0.15, -0.1) is 0 Å². The van der Waals surface area contributed by atoms with Gasteiger partial charge in [0.1, 0.15) is 5.41 Å². The number of rotatable bonds is 6. The normalized spacial score (nSPS) is 13.4. The van der Waals surface area contributed by atoms with Crippen LogP contribution in [-0.4, -0.2) is 36.9 Å². The topological polar surface area (TPSA) is 72.8 Å². The van der Waals surface area contributed by atoms with Crippen LogP contribution in [0.3, 0.4) is 0 Å². The zero-order chi connectivity index (χ0) is 15.2. The van der Waals surface area contributed by atoms with Crippen molar-refractivity contribution < 1.29 is 24.2 Å². The van der Waals surface area contributed by atoms with Gasteiger partial charge in [0.25, 0.3) is 0 Å². The van der Waals surface area contributed by atoms with E-state index in [1.165, 1.54) is 0 Å². The van der Waals surface area contributed by atoms with E-state index in [9.17, 15) is 14.7 Å². The van der Waals surface area contributed by atoms with E-state index in [2.05, 4.69) is 0 Å². The maximum Gasteiger partial charge on any atom is 0.338 e. The van der Waals surface area contributed by atoms with Crippen LogP contribution in [-0.2, 0) is 19.7 Å². The Hall–Kier alpha value is -1.88. The molecule has 0 unspecified atom stereocenters. The SMILES string of the molecule is CCOC(=O)c1ccc([C@@](C)(CO)C(=O)OCC)cc1. The van der Waals surface area contributed by atoms with Gasteiger partial charge in [0, 0.05) is 0 Å². The Balaban J connectivity index is 3.01. The average molecular weight is 280 g/mol. The monoisotopic (exact) mass is 280 g/mol. The number of esters is 2. The molecular formula is C15H20O5. The molecule has 1 rings (SSSR count). The second-order valence-corrected chi connectivity index (χ2v) is 4.51. The van der Waals surface area contributed by atoms with Crippen LogP contribution in [0.25, 0.3) is 0 Å². The van der Waals surface area contributed by atoms with Crippen molar-refractivity contribution in [3.63, 3.8) is 0 Å². The van der Waals surface area contributed by atoms with E-state index in [1.54, 1.807) is 45.0 Å². The second kappa shape index (κ2) is 7.05. The standard InChI is InChI=1S/C15H20O5/c1-4-19-13(17)11-6-8-12(9-7-11)15(3,10-16)14(18)20-5-2/h6-9,16H,4-5,10H2,1-3H3/t15-/m1/s1. The van der Waals surface area contributed by atoms with Gasteiger partial charge in [-0.05, 0) is 38.5 Å². The van der Waals surface area contributed by atoms with Gasteiger partial charge < -0.3 is 14.6 Å². The molecule has 1 N–H and O–H groups in total. The number of benzene rings is 1. The van der Waals surface area contributed by atoms with Gasteiger partial charge in [0.05, 0.1) is 25.4 Å². The Morgan fingerprint density at radius 3 is 2.10 bits per heavy atom. The molecule has 0 saturated heterocycles. The zero-order valence-electron chi connectivity index (χ0n) is 12.0. The van der Waals surface area contributed by atoms with E-state index in [0.29, 0.717) is 17.7 Å². The van der Waals surface area contributed by atoms with Crippen LogP contribution in [0.5, 0.6) is 0 Å². The summed E-state index contributed by atoms with van der Waals surface area (Å²) < 4.78 is 9.86. The first kappa shape index (κ1) is 16.2. The minimum Gasteiger partial charge on any atom is -0.465 e. The third-order valence-electron chi connectivity index (χ3n) is 3.08. The third kappa shape index (κ3) is 3.36. The fourth-order valence-corrected chi connectivity index (χ4v) is 1.75. The molecule has 1 atom stereocenters. The molecule has 0 radical (unpaired) electrons. The summed E-state index contributed by atoms with van der Waals surface area (Å²) in [6.45, 7) is 5.22. The molecular weight excluding hydrogens is 260 g/mol. The lowest BCUT2D eigenvalue weighted by Gasteiger charge is -2.25. The van der Waals surface area contributed by atoms with Gasteiger partial charge >= 0.3 is 11.9 Å². The van der Waals surface area contributed by atoms with E-state index in [-0.39, 0.29) is 13.2 Å². The Morgan fingerprint density at radius 2 is 1.65 bits per heavy atom. The van der Waals surface area contributed by atoms with Crippen LogP contribution >= 0.6 is 0 Å². The summed E-state index contributed by atoms with van der Waals surface area (Å²) in [6.07, 6.45) is 0. The number of aliphatic hydroxyl groups is 1. The quantitative estimate of drug-likeness (QED) is 0.803. The lowest BCUT2D eigenvalue weighted by atomic mass is 9.83. The van der Waals surface area contributed by atoms with Crippen molar-refractivity contribution in [1.29, 1.82) is 0 Å². The van der Waals surface area contributed by atoms with Gasteiger partial charge in [-0.2, -0.15) is 0 Å². The van der Waals surface area contributed by atoms with Gasteiger partial charge in [0.2, 0.25) is 0 Å². The minimum atomic E-state index is -1.14. The van der Waals surface area contributed by atoms with Crippen LogP contribution in [0.2, 0.25) is 0 Å². The summed E-state index contributed by atoms with van der Waals surface area (Å²) in [5.41, 5.74) is -0.144. The highest BCUT2D eigenvalue weighted by Gasteiger charge is 2.36. The first-order valence-electron chi connectivity index (χ1n) is 6.55. The Kier molecular flexibility index (Phi) is 5.70. The molecule has 0 fully saturated rings. The molecule has 20 heavy (non-hydrogen) atoms. The molecule has 0 amide bonds. The highest BCUT2D eigenvalue weighted by Crippen LogP contribution is 2.25. The number of carbonyl (C=O) groups is 2. The van der Waals surface area contributed by atoms with Crippen molar-refractivity contribution >= 4 is 11.9 Å². The van der Waals surface area contributed by atoms with Crippen LogP contribution in [0.1, 0.15) is 36.7 Å². The number of ether oxygens (including phenoxy) is 2. The molecule has 0 aromatic heterocycles. The lowest BCUT2D eigenvalue weighted by molar-refractivity contribution is -0.151. The van der Waals surface area contributed by atoms with Crippen LogP contribution in [0.15, 0.2) is 24.3 Å². The Morgan fingerprint density at radius 1 is 1.10 bits per heavy atom. The van der Waals surface area contributed by atoms with Crippen molar-refractivity contribution in [1.82, 2.24) is 0 Å². The molecule has 0 aliphatic carbocycles. The molecule has 110 valence electrons. The molecule has 1 aromatic rings. The van der Waals surface area contributed by atoms with Crippen molar-refractivity contribution in [2.45, 2.75) is 26.2 Å². The minimum absolute atomic E-state index is 0.245. The fourth-order valence-electron chi connectivity index (χ4n) is 1.75. The van der Waals surface area contributed by atoms with Gasteiger partial charge in [-0.3, -0.25) is 4.79 Å². The molecule has 0 heterocycles. The van der Waals surface area contributed by atoms with E-state index in [4.69, 9.17) is 9.47 Å². The van der Waals surface area contributed by atoms with Crippen molar-refractivity contribution in [3.8, 4) is 0 Å². The van der Waals surface area contributed by atoms with E-state index in [0.717, 1.165) is 0 Å². The highest BCUT2D eigenvalue weighted by atomic mass is 16.5. The van der Waals surface area contributed by atoms with Crippen molar-refractivity contribution in [2.24, 2.45) is 0 Å². The van der Waals surface area contributed by atoms with Gasteiger partial charge in [-0.1, -0.05) is 12.1 Å². The first-order valence-corrected chi connectivity index (χ1v) is 6.55. The first-order chi connectivity index (χ1) is 9.49. The summed E-state index contributed by atoms with van der Waals surface area (Å²) in [7, 11) is 0. The molecule has 5 nitrogen and oxygen atoms in total. The van der Waals surface area contributed by atoms with Crippen LogP contribution < -0.4 is 0 Å². The zero-order valence-corrected chi connectivity index (χ0v) is 12.0. The maximum absolute atomic E-state index is 11.9. The molecule has 0 aliphatic heterocycles. The summed E-state index contributed by atoms with van der Waals surface area (Å²) in [6, 6.07) is 6.39. The second-order valence-electron chi connectivity index (χ2n) is 4.51. The highest BCUT2D eigenvalue weighted by molar-refractivity contribution is 5.90. The van der Waals surface area contributed by atoms with Crippen LogP contribution in [0, 0.1) is 0 Å². The molecule has 0 aliphatic rings. The fraction of sp³-hybridized carbons (Fsp3) is 0.467. The van der Waals surface area contributed by atoms with Gasteiger partial charge in [0.15, 0.2) is 0 Å². The van der Waals surface area contributed by atoms with Crippen LogP contribution in [0.4, 0.5) is 0 Å². The number of hydrogen-bond acceptors (Lipinski definition) is 5. The van der Waals surface area contributed by atoms with Crippen molar-refractivity contribution in [2.75, 3.05) is 19.8 Å². The molecule has 5 heteroatoms. The summed E-state index contributed by atoms with van der Waals surface area (Å²) in [5, 5.41) is 9.51. The molecule has 0 saturated carbocycles. The summed E-state index contributed by atoms with van der Waals surface area (Å²) in [5.74, 6) is -0.910. The number of hydrogen-bond donors (Lipinski definition) is 1. The lowest BCUT2D eigenvalue weighted by Crippen LogP contribution is -2.38. The van der Waals surface area contributed by atoms with E-state index in [1.807, 2.05) is 0 Å². The number of carbonyl (C=O) groups excluding carboxylic acids is 2. The van der Waals surface area contributed by atoms with E-state index < -0.39 is 17.4 Å². The summed E-state index contributed by atoms with van der Waals surface area (Å²) >= 11 is 0. The third-order valence-corrected chi connectivity index (χ3v) is 3.08. The van der Waals surface area contributed by atoms with E-state index >= 15 is 0 Å². The predicted octanol–water partition coefficient (Wildman–Crippen LogP) is 1.68. The smallest absolute Gasteiger partial charge is 0.338 e. The Bertz CT molecular complexity index is 466. The van der Waals surface area contributed by atoms with Crippen molar-refractivity contribution in [3.05, 3.63) is 35.4 Å². The Labute approximate surface area is 118 Å². The summed E-state index contributed by atoms with van der Waals surface area (Å²) in [4.78, 5) is 23.5. The predicted molar refractivity (Wildman–Crippen MR) is 73.5 cm³/mol. The number of aliphatic hydroxyl groups excluding tert-OH is 1. The largest absolute Gasteiger partial charge is 0.465 e.